The number of aromatic amines is 1. The van der Waals surface area contributed by atoms with Crippen molar-refractivity contribution in [3.8, 4) is 0 Å². The summed E-state index contributed by atoms with van der Waals surface area (Å²) >= 11 is 0. The van der Waals surface area contributed by atoms with Crippen molar-refractivity contribution in [1.82, 2.24) is 19.9 Å². The Kier molecular flexibility index (Phi) is 5.54. The summed E-state index contributed by atoms with van der Waals surface area (Å²) in [6.45, 7) is 14.5. The van der Waals surface area contributed by atoms with Gasteiger partial charge in [-0.1, -0.05) is 6.07 Å². The van der Waals surface area contributed by atoms with E-state index in [0.717, 1.165) is 62.7 Å². The zero-order chi connectivity index (χ0) is 19.3. The third-order valence-corrected chi connectivity index (χ3v) is 5.49. The molecular weight excluding hydrogens is 348 g/mol. The first kappa shape index (κ1) is 18.5. The lowest BCUT2D eigenvalue weighted by atomic mass is 10.1. The van der Waals surface area contributed by atoms with E-state index in [2.05, 4.69) is 35.8 Å². The third-order valence-electron chi connectivity index (χ3n) is 5.49. The molecular formula is C22H26N6. The molecule has 1 aliphatic rings. The van der Waals surface area contributed by atoms with Crippen molar-refractivity contribution in [3.05, 3.63) is 59.3 Å². The van der Waals surface area contributed by atoms with Crippen LogP contribution >= 0.6 is 0 Å². The van der Waals surface area contributed by atoms with Crippen LogP contribution < -0.4 is 4.90 Å². The van der Waals surface area contributed by atoms with Gasteiger partial charge in [-0.2, -0.15) is 0 Å². The molecule has 0 saturated carbocycles. The summed E-state index contributed by atoms with van der Waals surface area (Å²) in [6, 6.07) is 7.82. The zero-order valence-electron chi connectivity index (χ0n) is 16.4. The molecule has 0 bridgehead atoms. The number of rotatable bonds is 6. The molecule has 6 nitrogen and oxygen atoms in total. The number of aromatic nitrogens is 3. The molecule has 4 rings (SSSR count). The van der Waals surface area contributed by atoms with Crippen molar-refractivity contribution in [2.24, 2.45) is 0 Å². The van der Waals surface area contributed by atoms with E-state index in [9.17, 15) is 0 Å². The van der Waals surface area contributed by atoms with E-state index in [1.807, 2.05) is 37.4 Å². The zero-order valence-corrected chi connectivity index (χ0v) is 16.4. The summed E-state index contributed by atoms with van der Waals surface area (Å²) in [5, 5.41) is 1.19. The Balaban J connectivity index is 1.23. The van der Waals surface area contributed by atoms with E-state index < -0.39 is 0 Å². The molecule has 1 N–H and O–H groups in total. The summed E-state index contributed by atoms with van der Waals surface area (Å²) in [5.74, 6) is 0.859. The highest BCUT2D eigenvalue weighted by Gasteiger charge is 2.18. The molecule has 0 radical (unpaired) electrons. The number of hydrogen-bond donors (Lipinski definition) is 1. The van der Waals surface area contributed by atoms with Gasteiger partial charge in [0, 0.05) is 49.8 Å². The maximum absolute atomic E-state index is 7.20. The van der Waals surface area contributed by atoms with Gasteiger partial charge in [0.05, 0.1) is 6.57 Å². The number of unbranched alkanes of at least 4 members (excludes halogenated alkanes) is 1. The molecule has 0 unspecified atom stereocenters. The van der Waals surface area contributed by atoms with Crippen LogP contribution in [0, 0.1) is 13.5 Å². The molecule has 144 valence electrons. The first-order chi connectivity index (χ1) is 13.7. The van der Waals surface area contributed by atoms with Crippen molar-refractivity contribution < 1.29 is 0 Å². The summed E-state index contributed by atoms with van der Waals surface area (Å²) in [6.07, 6.45) is 7.35. The average molecular weight is 374 g/mol. The number of benzene rings is 1. The maximum Gasteiger partial charge on any atom is 0.225 e. The van der Waals surface area contributed by atoms with Gasteiger partial charge in [0.15, 0.2) is 5.69 Å². The molecule has 3 aromatic rings. The number of nitrogens with one attached hydrogen (secondary N) is 1. The fourth-order valence-corrected chi connectivity index (χ4v) is 3.85. The highest BCUT2D eigenvalue weighted by atomic mass is 15.3. The summed E-state index contributed by atoms with van der Waals surface area (Å²) in [7, 11) is 0. The third kappa shape index (κ3) is 4.15. The second kappa shape index (κ2) is 8.41. The van der Waals surface area contributed by atoms with E-state index >= 15 is 0 Å². The van der Waals surface area contributed by atoms with E-state index in [4.69, 9.17) is 6.57 Å². The minimum atomic E-state index is 0.712. The Hall–Kier alpha value is -2.91. The smallest absolute Gasteiger partial charge is 0.225 e. The molecule has 1 aromatic carbocycles. The first-order valence-electron chi connectivity index (χ1n) is 9.97. The van der Waals surface area contributed by atoms with Crippen LogP contribution in [0.25, 0.3) is 15.7 Å². The number of aryl methyl sites for hydroxylation is 2. The van der Waals surface area contributed by atoms with Crippen molar-refractivity contribution in [2.75, 3.05) is 37.6 Å². The Morgan fingerprint density at radius 1 is 1.14 bits per heavy atom. The van der Waals surface area contributed by atoms with Gasteiger partial charge in [0.1, 0.15) is 0 Å². The van der Waals surface area contributed by atoms with Gasteiger partial charge in [-0.3, -0.25) is 4.90 Å². The highest BCUT2D eigenvalue weighted by Crippen LogP contribution is 2.25. The number of H-pyrrole nitrogens is 1. The lowest BCUT2D eigenvalue weighted by molar-refractivity contribution is 0.252. The number of piperazine rings is 1. The Labute approximate surface area is 166 Å². The Morgan fingerprint density at radius 3 is 2.79 bits per heavy atom. The first-order valence-corrected chi connectivity index (χ1v) is 9.97. The topological polar surface area (TPSA) is 52.4 Å². The molecule has 0 spiro atoms. The van der Waals surface area contributed by atoms with Crippen molar-refractivity contribution in [2.45, 2.75) is 26.2 Å². The van der Waals surface area contributed by atoms with Crippen molar-refractivity contribution in [1.29, 1.82) is 0 Å². The van der Waals surface area contributed by atoms with Gasteiger partial charge in [0.2, 0.25) is 5.95 Å². The van der Waals surface area contributed by atoms with Crippen LogP contribution in [0.3, 0.4) is 0 Å². The summed E-state index contributed by atoms with van der Waals surface area (Å²) in [4.78, 5) is 20.6. The molecule has 3 heterocycles. The predicted octanol–water partition coefficient (Wildman–Crippen LogP) is 3.96. The van der Waals surface area contributed by atoms with Gasteiger partial charge in [0.25, 0.3) is 0 Å². The van der Waals surface area contributed by atoms with Gasteiger partial charge in [-0.15, -0.1) is 0 Å². The molecule has 6 heteroatoms. The standard InChI is InChI=1S/C22H26N6/c1-17-8-9-24-22(26-17)28-13-11-27(12-14-28)10-4-3-5-18-16-25-21-7-6-19(23-2)15-20(18)21/h6-9,15-16,25H,3-5,10-14H2,1H3. The van der Waals surface area contributed by atoms with Crippen LogP contribution in [0.2, 0.25) is 0 Å². The normalized spacial score (nSPS) is 15.1. The largest absolute Gasteiger partial charge is 0.361 e. The van der Waals surface area contributed by atoms with Crippen LogP contribution in [-0.2, 0) is 6.42 Å². The minimum Gasteiger partial charge on any atom is -0.361 e. The second-order valence-electron chi connectivity index (χ2n) is 7.44. The lowest BCUT2D eigenvalue weighted by Crippen LogP contribution is -2.47. The number of fused-ring (bicyclic) bond motifs is 1. The lowest BCUT2D eigenvalue weighted by Gasteiger charge is -2.34. The van der Waals surface area contributed by atoms with Crippen molar-refractivity contribution in [3.63, 3.8) is 0 Å². The highest BCUT2D eigenvalue weighted by molar-refractivity contribution is 5.86. The predicted molar refractivity (Wildman–Crippen MR) is 113 cm³/mol. The van der Waals surface area contributed by atoms with Crippen LogP contribution in [0.1, 0.15) is 24.1 Å². The van der Waals surface area contributed by atoms with E-state index in [0.29, 0.717) is 5.69 Å². The van der Waals surface area contributed by atoms with Gasteiger partial charge < -0.3 is 9.88 Å². The van der Waals surface area contributed by atoms with Gasteiger partial charge in [-0.05, 0) is 61.9 Å². The number of anilines is 1. The quantitative estimate of drug-likeness (QED) is 0.524. The molecule has 1 saturated heterocycles. The molecule has 0 amide bonds. The van der Waals surface area contributed by atoms with Crippen LogP contribution in [0.5, 0.6) is 0 Å². The van der Waals surface area contributed by atoms with Crippen LogP contribution in [0.4, 0.5) is 11.6 Å². The Morgan fingerprint density at radius 2 is 2.00 bits per heavy atom. The fraction of sp³-hybridized carbons (Fsp3) is 0.409. The number of hydrogen-bond acceptors (Lipinski definition) is 4. The molecule has 28 heavy (non-hydrogen) atoms. The minimum absolute atomic E-state index is 0.712. The maximum atomic E-state index is 7.20. The number of nitrogens with zero attached hydrogens (tertiary/aromatic N) is 5. The average Bonchev–Trinajstić information content (AvgIpc) is 3.14. The molecule has 1 fully saturated rings. The van der Waals surface area contributed by atoms with Crippen LogP contribution in [-0.4, -0.2) is 52.6 Å². The van der Waals surface area contributed by atoms with Crippen molar-refractivity contribution >= 4 is 22.5 Å². The SMILES string of the molecule is [C-]#[N+]c1ccc2[nH]cc(CCCCN3CCN(c4nccc(C)n4)CC3)c2c1. The van der Waals surface area contributed by atoms with Gasteiger partial charge in [-0.25, -0.2) is 14.8 Å². The molecule has 1 aliphatic heterocycles. The molecule has 0 aliphatic carbocycles. The molecule has 0 atom stereocenters. The fourth-order valence-electron chi connectivity index (χ4n) is 3.85. The van der Waals surface area contributed by atoms with Crippen LogP contribution in [0.15, 0.2) is 36.7 Å². The summed E-state index contributed by atoms with van der Waals surface area (Å²) < 4.78 is 0. The van der Waals surface area contributed by atoms with E-state index in [1.54, 1.807) is 0 Å². The monoisotopic (exact) mass is 374 g/mol. The van der Waals surface area contributed by atoms with E-state index in [1.165, 1.54) is 17.4 Å². The van der Waals surface area contributed by atoms with Gasteiger partial charge >= 0.3 is 0 Å². The Bertz CT molecular complexity index is 978. The molecule has 2 aromatic heterocycles. The summed E-state index contributed by atoms with van der Waals surface area (Å²) in [5.41, 5.74) is 4.18. The second-order valence-corrected chi connectivity index (χ2v) is 7.44. The van der Waals surface area contributed by atoms with E-state index in [-0.39, 0.29) is 0 Å².